The van der Waals surface area contributed by atoms with E-state index in [0.29, 0.717) is 24.3 Å². The Labute approximate surface area is 293 Å². The van der Waals surface area contributed by atoms with Gasteiger partial charge in [0.2, 0.25) is 0 Å². The molecular weight excluding hydrogens is 661 g/mol. The van der Waals surface area contributed by atoms with Gasteiger partial charge in [-0.05, 0) is 88.0 Å². The molecule has 4 aromatic rings. The van der Waals surface area contributed by atoms with Crippen LogP contribution in [0.2, 0.25) is 23.2 Å². The Balaban J connectivity index is 1.51. The number of rotatable bonds is 9. The van der Waals surface area contributed by atoms with E-state index in [4.69, 9.17) is 31.6 Å². The van der Waals surface area contributed by atoms with E-state index in [1.807, 2.05) is 39.2 Å². The second kappa shape index (κ2) is 14.1. The highest BCUT2D eigenvalue weighted by Crippen LogP contribution is 2.38. The molecule has 3 heterocycles. The number of aliphatic imine (C=N–C) groups is 1. The van der Waals surface area contributed by atoms with Crippen molar-refractivity contribution in [3.8, 4) is 11.1 Å². The summed E-state index contributed by atoms with van der Waals surface area (Å²) in [5.74, 6) is -0.346. The molecule has 1 saturated carbocycles. The van der Waals surface area contributed by atoms with Crippen molar-refractivity contribution in [1.29, 1.82) is 0 Å². The number of pyridine rings is 1. The lowest BCUT2D eigenvalue weighted by Crippen LogP contribution is -2.40. The molecular formula is C36H47ClFN7O3Si. The summed E-state index contributed by atoms with van der Waals surface area (Å²) in [6.45, 7) is 17.1. The van der Waals surface area contributed by atoms with Gasteiger partial charge in [0.25, 0.3) is 0 Å². The fourth-order valence-electron chi connectivity index (χ4n) is 5.53. The Bertz CT molecular complexity index is 1870. The molecule has 0 spiro atoms. The van der Waals surface area contributed by atoms with Gasteiger partial charge in [0.05, 0.1) is 40.3 Å². The molecule has 5 rings (SSSR count). The largest absolute Gasteiger partial charge is 0.444 e. The number of hydrogen-bond donors (Lipinski definition) is 3. The minimum Gasteiger partial charge on any atom is -0.444 e. The molecule has 0 aliphatic heterocycles. The predicted molar refractivity (Wildman–Crippen MR) is 197 cm³/mol. The van der Waals surface area contributed by atoms with Gasteiger partial charge in [0, 0.05) is 47.9 Å². The Morgan fingerprint density at radius 2 is 1.86 bits per heavy atom. The van der Waals surface area contributed by atoms with Crippen LogP contribution in [0.15, 0.2) is 60.1 Å². The number of alkyl carbamates (subject to hydrolysis) is 1. The van der Waals surface area contributed by atoms with Gasteiger partial charge in [-0.1, -0.05) is 32.4 Å². The summed E-state index contributed by atoms with van der Waals surface area (Å²) >= 11 is 6.34. The lowest BCUT2D eigenvalue weighted by atomic mass is 10.0. The number of halogens is 2. The van der Waals surface area contributed by atoms with Crippen molar-refractivity contribution < 1.29 is 18.3 Å². The minimum atomic E-state index is -2.01. The molecule has 3 aromatic heterocycles. The SMILES string of the molecule is CC(C)(C)OC(=O)N[C@H]1CC[C@@H](Nc2c(C(N)=Nc3cc(F)ccc3Cl)cnn3cc(-c4ccncc4CO[Si](C)(C)C(C)(C)C)cc23)C1. The van der Waals surface area contributed by atoms with E-state index in [1.54, 1.807) is 16.9 Å². The van der Waals surface area contributed by atoms with Gasteiger partial charge >= 0.3 is 6.09 Å². The van der Waals surface area contributed by atoms with Crippen molar-refractivity contribution in [2.45, 2.75) is 103 Å². The molecule has 1 aliphatic carbocycles. The summed E-state index contributed by atoms with van der Waals surface area (Å²) in [6, 6.07) is 7.94. The summed E-state index contributed by atoms with van der Waals surface area (Å²) in [4.78, 5) is 21.4. The maximum absolute atomic E-state index is 14.1. The molecule has 1 fully saturated rings. The van der Waals surface area contributed by atoms with Crippen LogP contribution in [0.25, 0.3) is 16.6 Å². The first-order valence-electron chi connectivity index (χ1n) is 16.5. The zero-order valence-electron chi connectivity index (χ0n) is 29.5. The number of anilines is 1. The normalized spacial score (nSPS) is 17.4. The van der Waals surface area contributed by atoms with Crippen molar-refractivity contribution in [2.24, 2.45) is 10.7 Å². The Hall–Kier alpha value is -4.00. The van der Waals surface area contributed by atoms with Gasteiger partial charge < -0.3 is 25.5 Å². The van der Waals surface area contributed by atoms with E-state index in [2.05, 4.69) is 60.5 Å². The highest BCUT2D eigenvalue weighted by atomic mass is 35.5. The smallest absolute Gasteiger partial charge is 0.407 e. The van der Waals surface area contributed by atoms with Crippen molar-refractivity contribution in [3.05, 3.63) is 77.1 Å². The van der Waals surface area contributed by atoms with E-state index in [9.17, 15) is 9.18 Å². The van der Waals surface area contributed by atoms with Crippen LogP contribution in [0.5, 0.6) is 0 Å². The van der Waals surface area contributed by atoms with E-state index in [-0.39, 0.29) is 33.7 Å². The van der Waals surface area contributed by atoms with Gasteiger partial charge in [0.15, 0.2) is 8.32 Å². The van der Waals surface area contributed by atoms with Crippen LogP contribution in [0.1, 0.15) is 71.9 Å². The average Bonchev–Trinajstić information content (AvgIpc) is 3.63. The topological polar surface area (TPSA) is 128 Å². The first kappa shape index (κ1) is 36.3. The number of aromatic nitrogens is 3. The molecule has 49 heavy (non-hydrogen) atoms. The molecule has 1 aliphatic rings. The third-order valence-corrected chi connectivity index (χ3v) is 14.0. The summed E-state index contributed by atoms with van der Waals surface area (Å²) in [7, 11) is -2.01. The number of benzene rings is 1. The zero-order valence-corrected chi connectivity index (χ0v) is 31.3. The lowest BCUT2D eigenvalue weighted by molar-refractivity contribution is 0.0505. The first-order valence-corrected chi connectivity index (χ1v) is 19.8. The molecule has 262 valence electrons. The van der Waals surface area contributed by atoms with E-state index < -0.39 is 25.8 Å². The highest BCUT2D eigenvalue weighted by molar-refractivity contribution is 6.74. The number of nitrogens with one attached hydrogen (secondary N) is 2. The molecule has 0 bridgehead atoms. The Kier molecular flexibility index (Phi) is 10.4. The zero-order chi connectivity index (χ0) is 35.7. The number of carbonyl (C=O) groups is 1. The lowest BCUT2D eigenvalue weighted by Gasteiger charge is -2.36. The van der Waals surface area contributed by atoms with Crippen LogP contribution < -0.4 is 16.4 Å². The number of nitrogens with two attached hydrogens (primary N) is 1. The summed E-state index contributed by atoms with van der Waals surface area (Å²) in [5.41, 5.74) is 11.2. The number of hydrogen-bond acceptors (Lipinski definition) is 7. The fourth-order valence-corrected chi connectivity index (χ4v) is 6.64. The van der Waals surface area contributed by atoms with Crippen LogP contribution in [-0.2, 0) is 15.8 Å². The number of fused-ring (bicyclic) bond motifs is 1. The monoisotopic (exact) mass is 707 g/mol. The number of nitrogens with zero attached hydrogens (tertiary/aromatic N) is 4. The van der Waals surface area contributed by atoms with Gasteiger partial charge in [-0.15, -0.1) is 0 Å². The van der Waals surface area contributed by atoms with E-state index in [1.165, 1.54) is 18.2 Å². The van der Waals surface area contributed by atoms with Gasteiger partial charge in [-0.3, -0.25) is 4.98 Å². The first-order chi connectivity index (χ1) is 22.9. The van der Waals surface area contributed by atoms with Crippen LogP contribution in [0.3, 0.4) is 0 Å². The maximum atomic E-state index is 14.1. The van der Waals surface area contributed by atoms with Crippen LogP contribution >= 0.6 is 11.6 Å². The van der Waals surface area contributed by atoms with E-state index >= 15 is 0 Å². The quantitative estimate of drug-likeness (QED) is 0.0903. The molecule has 0 radical (unpaired) electrons. The van der Waals surface area contributed by atoms with Crippen molar-refractivity contribution in [3.63, 3.8) is 0 Å². The molecule has 13 heteroatoms. The molecule has 1 amide bonds. The average molecular weight is 708 g/mol. The van der Waals surface area contributed by atoms with Gasteiger partial charge in [-0.25, -0.2) is 18.7 Å². The molecule has 0 saturated heterocycles. The van der Waals surface area contributed by atoms with Crippen molar-refractivity contribution in [1.82, 2.24) is 19.9 Å². The highest BCUT2D eigenvalue weighted by Gasteiger charge is 2.37. The van der Waals surface area contributed by atoms with Crippen molar-refractivity contribution >= 4 is 48.7 Å². The number of amides is 1. The van der Waals surface area contributed by atoms with Crippen molar-refractivity contribution in [2.75, 3.05) is 5.32 Å². The van der Waals surface area contributed by atoms with Crippen LogP contribution in [-0.4, -0.2) is 52.5 Å². The third kappa shape index (κ3) is 8.78. The summed E-state index contributed by atoms with van der Waals surface area (Å²) in [6.07, 6.45) is 9.05. The Morgan fingerprint density at radius 1 is 1.12 bits per heavy atom. The van der Waals surface area contributed by atoms with Gasteiger partial charge in [0.1, 0.15) is 17.3 Å². The predicted octanol–water partition coefficient (Wildman–Crippen LogP) is 8.61. The summed E-state index contributed by atoms with van der Waals surface area (Å²) in [5, 5.41) is 11.7. The molecule has 0 unspecified atom stereocenters. The second-order valence-corrected chi connectivity index (χ2v) is 20.4. The van der Waals surface area contributed by atoms with Crippen LogP contribution in [0.4, 0.5) is 20.6 Å². The fraction of sp³-hybridized carbons (Fsp3) is 0.444. The number of amidine groups is 1. The number of ether oxygens (including phenoxy) is 1. The number of carbonyl (C=O) groups excluding carboxylic acids is 1. The van der Waals surface area contributed by atoms with Gasteiger partial charge in [-0.2, -0.15) is 5.10 Å². The molecule has 1 aromatic carbocycles. The molecule has 2 atom stereocenters. The minimum absolute atomic E-state index is 0.00303. The maximum Gasteiger partial charge on any atom is 0.407 e. The van der Waals surface area contributed by atoms with E-state index in [0.717, 1.165) is 35.0 Å². The standard InChI is InChI=1S/C36H47ClFN7O3Si/c1-35(2,3)48-34(46)43-26-11-10-25(17-26)42-32-28(33(39)44-30-16-24(38)9-12-29(30)37)19-41-45-20-22(15-31(32)45)27-13-14-40-18-23(27)21-47-49(7,8)36(4,5)6/h9,12-16,18-20,25-26,42H,10-11,17,21H2,1-8H3,(H2,39,44)(H,43,46)/t25-,26+/m1/s1. The Morgan fingerprint density at radius 3 is 2.57 bits per heavy atom. The third-order valence-electron chi connectivity index (χ3n) is 9.17. The molecule has 10 nitrogen and oxygen atoms in total. The summed E-state index contributed by atoms with van der Waals surface area (Å²) < 4.78 is 28.0. The molecule has 4 N–H and O–H groups in total. The van der Waals surface area contributed by atoms with Crippen LogP contribution in [0, 0.1) is 5.82 Å². The second-order valence-electron chi connectivity index (χ2n) is 15.2.